The van der Waals surface area contributed by atoms with Crippen molar-refractivity contribution >= 4 is 28.5 Å². The lowest BCUT2D eigenvalue weighted by atomic mass is 10.4. The molecule has 1 atom stereocenters. The van der Waals surface area contributed by atoms with Crippen LogP contribution in [0.15, 0.2) is 17.4 Å². The number of nitrogens with zero attached hydrogens (tertiary/aromatic N) is 3. The molecule has 1 fully saturated rings. The van der Waals surface area contributed by atoms with E-state index in [1.54, 1.807) is 6.92 Å². The largest absolute Gasteiger partial charge is 0.298 e. The quantitative estimate of drug-likeness (QED) is 0.484. The van der Waals surface area contributed by atoms with Gasteiger partial charge in [-0.05, 0) is 13.3 Å². The van der Waals surface area contributed by atoms with Crippen LogP contribution in [-0.2, 0) is 10.0 Å². The number of thiol groups is 1. The second kappa shape index (κ2) is 5.77. The van der Waals surface area contributed by atoms with Crippen LogP contribution in [0.25, 0.3) is 0 Å². The molecule has 2 rings (SSSR count). The molecule has 6 nitrogen and oxygen atoms in total. The van der Waals surface area contributed by atoms with Crippen molar-refractivity contribution in [3.63, 3.8) is 0 Å². The molecule has 0 radical (unpaired) electrons. The zero-order valence-corrected chi connectivity index (χ0v) is 12.1. The molecule has 0 saturated carbocycles. The van der Waals surface area contributed by atoms with Crippen molar-refractivity contribution < 1.29 is 8.42 Å². The first kappa shape index (κ1) is 14.1. The topological polar surface area (TPSA) is 75.2 Å². The van der Waals surface area contributed by atoms with Crippen LogP contribution in [0, 0.1) is 12.0 Å². The molecule has 0 bridgehead atoms. The van der Waals surface area contributed by atoms with E-state index >= 15 is 0 Å². The highest BCUT2D eigenvalue weighted by atomic mass is 32.2. The Bertz CT molecular complexity index is 604. The third-order valence-corrected chi connectivity index (χ3v) is 4.85. The minimum atomic E-state index is -3.56. The molecule has 1 saturated heterocycles. The van der Waals surface area contributed by atoms with Gasteiger partial charge in [0.2, 0.25) is 0 Å². The number of hydrogen-bond acceptors (Lipinski definition) is 6. The van der Waals surface area contributed by atoms with Gasteiger partial charge in [-0.1, -0.05) is 5.92 Å². The van der Waals surface area contributed by atoms with Crippen LogP contribution in [-0.4, -0.2) is 41.0 Å². The van der Waals surface area contributed by atoms with Gasteiger partial charge in [0.15, 0.2) is 10.8 Å². The Labute approximate surface area is 118 Å². The van der Waals surface area contributed by atoms with Crippen LogP contribution in [0.1, 0.15) is 13.3 Å². The van der Waals surface area contributed by atoms with Gasteiger partial charge < -0.3 is 0 Å². The lowest BCUT2D eigenvalue weighted by Crippen LogP contribution is -2.29. The zero-order chi connectivity index (χ0) is 13.9. The van der Waals surface area contributed by atoms with Crippen molar-refractivity contribution in [3.8, 4) is 12.0 Å². The molecular weight excluding hydrogens is 284 g/mol. The van der Waals surface area contributed by atoms with Crippen molar-refractivity contribution in [2.45, 2.75) is 23.6 Å². The first-order valence-corrected chi connectivity index (χ1v) is 7.67. The van der Waals surface area contributed by atoms with Gasteiger partial charge in [0.05, 0.1) is 12.4 Å². The highest BCUT2D eigenvalue weighted by Crippen LogP contribution is 2.21. The molecular formula is C11H14N4O2S2. The fraction of sp³-hybridized carbons (Fsp3) is 0.455. The van der Waals surface area contributed by atoms with Crippen LogP contribution >= 0.6 is 12.6 Å². The summed E-state index contributed by atoms with van der Waals surface area (Å²) in [5.41, 5.74) is 0. The highest BCUT2D eigenvalue weighted by molar-refractivity contribution is 7.89. The SMILES string of the molecule is CC#CNc1cnc(S(=O)(=O)N2CCC(S)C2)cn1. The van der Waals surface area contributed by atoms with Gasteiger partial charge in [0.25, 0.3) is 10.0 Å². The molecule has 2 heterocycles. The third-order valence-electron chi connectivity index (χ3n) is 2.67. The number of rotatable bonds is 3. The van der Waals surface area contributed by atoms with Gasteiger partial charge in [-0.25, -0.2) is 18.4 Å². The summed E-state index contributed by atoms with van der Waals surface area (Å²) in [6, 6.07) is 2.61. The number of aromatic nitrogens is 2. The van der Waals surface area contributed by atoms with E-state index < -0.39 is 10.0 Å². The summed E-state index contributed by atoms with van der Waals surface area (Å²) >= 11 is 4.28. The number of sulfonamides is 1. The molecule has 0 aromatic carbocycles. The molecule has 102 valence electrons. The normalized spacial score (nSPS) is 19.8. The summed E-state index contributed by atoms with van der Waals surface area (Å²) in [7, 11) is -3.56. The molecule has 1 aliphatic rings. The monoisotopic (exact) mass is 298 g/mol. The summed E-state index contributed by atoms with van der Waals surface area (Å²) in [6.07, 6.45) is 3.34. The number of nitrogens with one attached hydrogen (secondary N) is 1. The predicted molar refractivity (Wildman–Crippen MR) is 75.3 cm³/mol. The Morgan fingerprint density at radius 2 is 2.26 bits per heavy atom. The van der Waals surface area contributed by atoms with Gasteiger partial charge in [0.1, 0.15) is 0 Å². The van der Waals surface area contributed by atoms with Gasteiger partial charge in [-0.3, -0.25) is 5.32 Å². The van der Waals surface area contributed by atoms with Crippen molar-refractivity contribution in [1.29, 1.82) is 0 Å². The average Bonchev–Trinajstić information content (AvgIpc) is 2.84. The second-order valence-corrected chi connectivity index (χ2v) is 6.66. The first-order chi connectivity index (χ1) is 9.04. The Balaban J connectivity index is 2.18. The Morgan fingerprint density at radius 1 is 1.47 bits per heavy atom. The third kappa shape index (κ3) is 3.18. The van der Waals surface area contributed by atoms with E-state index in [2.05, 4.69) is 39.9 Å². The molecule has 0 amide bonds. The van der Waals surface area contributed by atoms with Crippen LogP contribution in [0.5, 0.6) is 0 Å². The molecule has 1 N–H and O–H groups in total. The van der Waals surface area contributed by atoms with Crippen LogP contribution in [0.2, 0.25) is 0 Å². The molecule has 19 heavy (non-hydrogen) atoms. The summed E-state index contributed by atoms with van der Waals surface area (Å²) in [4.78, 5) is 7.90. The summed E-state index contributed by atoms with van der Waals surface area (Å²) in [5.74, 6) is 3.07. The summed E-state index contributed by atoms with van der Waals surface area (Å²) in [6.45, 7) is 2.56. The van der Waals surface area contributed by atoms with Gasteiger partial charge in [0, 0.05) is 24.4 Å². The van der Waals surface area contributed by atoms with E-state index in [-0.39, 0.29) is 10.3 Å². The first-order valence-electron chi connectivity index (χ1n) is 5.72. The van der Waals surface area contributed by atoms with E-state index in [1.807, 2.05) is 0 Å². The van der Waals surface area contributed by atoms with Crippen LogP contribution in [0.3, 0.4) is 0 Å². The molecule has 1 aromatic rings. The van der Waals surface area contributed by atoms with Gasteiger partial charge in [-0.15, -0.1) is 0 Å². The molecule has 1 aromatic heterocycles. The maximum atomic E-state index is 12.2. The summed E-state index contributed by atoms with van der Waals surface area (Å²) in [5, 5.41) is 2.73. The molecule has 0 aliphatic carbocycles. The number of hydrogen-bond donors (Lipinski definition) is 2. The molecule has 8 heteroatoms. The Morgan fingerprint density at radius 3 is 2.79 bits per heavy atom. The fourth-order valence-corrected chi connectivity index (χ4v) is 3.48. The van der Waals surface area contributed by atoms with Crippen molar-refractivity contribution in [2.75, 3.05) is 18.4 Å². The standard InChI is InChI=1S/C11H14N4O2S2/c1-2-4-12-10-6-14-11(7-13-10)19(16,17)15-5-3-9(18)8-15/h6-7,9,18H,3,5,8H2,1H3,(H,12,13). The fourth-order valence-electron chi connectivity index (χ4n) is 1.70. The highest BCUT2D eigenvalue weighted by Gasteiger charge is 2.32. The van der Waals surface area contributed by atoms with E-state index in [0.29, 0.717) is 18.9 Å². The Hall–Kier alpha value is -1.30. The number of anilines is 1. The molecule has 1 unspecified atom stereocenters. The molecule has 1 aliphatic heterocycles. The second-order valence-electron chi connectivity index (χ2n) is 4.05. The maximum Gasteiger partial charge on any atom is 0.262 e. The minimum Gasteiger partial charge on any atom is -0.298 e. The minimum absolute atomic E-state index is 0.0510. The van der Waals surface area contributed by atoms with Crippen molar-refractivity contribution in [2.24, 2.45) is 0 Å². The average molecular weight is 298 g/mol. The van der Waals surface area contributed by atoms with E-state index in [9.17, 15) is 8.42 Å². The zero-order valence-electron chi connectivity index (χ0n) is 10.4. The summed E-state index contributed by atoms with van der Waals surface area (Å²) < 4.78 is 25.9. The Kier molecular flexibility index (Phi) is 4.29. The van der Waals surface area contributed by atoms with E-state index in [4.69, 9.17) is 0 Å². The molecule has 0 spiro atoms. The predicted octanol–water partition coefficient (Wildman–Crippen LogP) is 0.562. The maximum absolute atomic E-state index is 12.2. The van der Waals surface area contributed by atoms with Crippen molar-refractivity contribution in [1.82, 2.24) is 14.3 Å². The lowest BCUT2D eigenvalue weighted by Gasteiger charge is -2.14. The lowest BCUT2D eigenvalue weighted by molar-refractivity contribution is 0.474. The smallest absolute Gasteiger partial charge is 0.262 e. The van der Waals surface area contributed by atoms with E-state index in [1.165, 1.54) is 16.7 Å². The van der Waals surface area contributed by atoms with E-state index in [0.717, 1.165) is 6.42 Å². The van der Waals surface area contributed by atoms with Gasteiger partial charge >= 0.3 is 0 Å². The van der Waals surface area contributed by atoms with Crippen molar-refractivity contribution in [3.05, 3.63) is 12.4 Å². The van der Waals surface area contributed by atoms with Crippen LogP contribution < -0.4 is 5.32 Å². The van der Waals surface area contributed by atoms with Crippen LogP contribution in [0.4, 0.5) is 5.82 Å². The van der Waals surface area contributed by atoms with Gasteiger partial charge in [-0.2, -0.15) is 16.9 Å².